The van der Waals surface area contributed by atoms with Crippen LogP contribution in [0.1, 0.15) is 22.3 Å². The second-order valence-corrected chi connectivity index (χ2v) is 6.32. The zero-order valence-electron chi connectivity index (χ0n) is 12.5. The molecule has 0 radical (unpaired) electrons. The molecule has 0 spiro atoms. The van der Waals surface area contributed by atoms with Gasteiger partial charge in [0.05, 0.1) is 12.1 Å². The molecule has 1 aliphatic rings. The molecule has 0 saturated carbocycles. The van der Waals surface area contributed by atoms with Crippen molar-refractivity contribution in [2.75, 3.05) is 0 Å². The van der Waals surface area contributed by atoms with E-state index < -0.39 is 24.2 Å². The maximum Gasteiger partial charge on any atom is 0.438 e. The quantitative estimate of drug-likeness (QED) is 0.820. The molecule has 2 aromatic rings. The number of carbonyl (C=O) groups is 1. The van der Waals surface area contributed by atoms with Gasteiger partial charge in [0, 0.05) is 28.0 Å². The van der Waals surface area contributed by atoms with Crippen LogP contribution < -0.4 is 0 Å². The second-order valence-electron chi connectivity index (χ2n) is 5.41. The van der Waals surface area contributed by atoms with Gasteiger partial charge in [-0.25, -0.2) is 0 Å². The van der Waals surface area contributed by atoms with Crippen LogP contribution in [0.25, 0.3) is 0 Å². The smallest absolute Gasteiger partial charge is 0.362 e. The molecule has 0 unspecified atom stereocenters. The number of hydrogen-bond donors (Lipinski definition) is 1. The maximum absolute atomic E-state index is 13.5. The van der Waals surface area contributed by atoms with Crippen molar-refractivity contribution in [3.05, 3.63) is 64.4 Å². The van der Waals surface area contributed by atoms with Gasteiger partial charge in [-0.05, 0) is 24.3 Å². The van der Waals surface area contributed by atoms with Gasteiger partial charge in [0.2, 0.25) is 0 Å². The lowest BCUT2D eigenvalue weighted by Gasteiger charge is -2.32. The normalized spacial score (nSPS) is 20.5. The van der Waals surface area contributed by atoms with Crippen LogP contribution in [0.4, 0.5) is 13.2 Å². The average molecular weight is 414 g/mol. The number of halogens is 4. The molecule has 1 N–H and O–H groups in total. The Labute approximate surface area is 148 Å². The Morgan fingerprint density at radius 3 is 2.64 bits per heavy atom. The van der Waals surface area contributed by atoms with Crippen molar-refractivity contribution >= 4 is 27.5 Å². The first-order valence-electron chi connectivity index (χ1n) is 7.09. The minimum absolute atomic E-state index is 0.0340. The highest BCUT2D eigenvalue weighted by molar-refractivity contribution is 9.10. The fourth-order valence-corrected chi connectivity index (χ4v) is 2.82. The SMILES string of the molecule is O=C(c1cccc(Br)c1)N1N=C(c2cccnc2)C[C@@]1(O)C(F)(F)F. The molecule has 1 aliphatic heterocycles. The topological polar surface area (TPSA) is 65.8 Å². The largest absolute Gasteiger partial charge is 0.438 e. The van der Waals surface area contributed by atoms with Crippen LogP contribution >= 0.6 is 15.9 Å². The summed E-state index contributed by atoms with van der Waals surface area (Å²) in [5.74, 6) is -1.06. The first kappa shape index (κ1) is 17.6. The Morgan fingerprint density at radius 2 is 2.04 bits per heavy atom. The number of pyridine rings is 1. The molecular weight excluding hydrogens is 403 g/mol. The lowest BCUT2D eigenvalue weighted by Crippen LogP contribution is -2.56. The minimum atomic E-state index is -5.08. The summed E-state index contributed by atoms with van der Waals surface area (Å²) in [6.45, 7) is 0. The number of alkyl halides is 3. The average Bonchev–Trinajstić information content (AvgIpc) is 2.94. The molecule has 130 valence electrons. The van der Waals surface area contributed by atoms with Crippen LogP contribution in [0.15, 0.2) is 58.4 Å². The van der Waals surface area contributed by atoms with Gasteiger partial charge in [0.1, 0.15) is 0 Å². The van der Waals surface area contributed by atoms with Crippen LogP contribution in [0.2, 0.25) is 0 Å². The van der Waals surface area contributed by atoms with E-state index in [0.717, 1.165) is 0 Å². The maximum atomic E-state index is 13.5. The van der Waals surface area contributed by atoms with Crippen LogP contribution in [0, 0.1) is 0 Å². The fraction of sp³-hybridized carbons (Fsp3) is 0.188. The number of carbonyl (C=O) groups excluding carboxylic acids is 1. The van der Waals surface area contributed by atoms with Gasteiger partial charge in [-0.2, -0.15) is 23.3 Å². The standard InChI is InChI=1S/C16H11BrF3N3O2/c17-12-5-1-3-10(7-12)14(24)23-15(25,16(18,19)20)8-13(22-23)11-4-2-6-21-9-11/h1-7,9,25H,8H2/t15-/m1/s1. The van der Waals surface area contributed by atoms with Crippen molar-refractivity contribution in [1.82, 2.24) is 9.99 Å². The Bertz CT molecular complexity index is 842. The second kappa shape index (κ2) is 6.23. The highest BCUT2D eigenvalue weighted by atomic mass is 79.9. The molecule has 0 aliphatic carbocycles. The Kier molecular flexibility index (Phi) is 4.38. The number of aliphatic hydroxyl groups is 1. The van der Waals surface area contributed by atoms with Crippen molar-refractivity contribution < 1.29 is 23.1 Å². The highest BCUT2D eigenvalue weighted by Gasteiger charge is 2.63. The lowest BCUT2D eigenvalue weighted by atomic mass is 10.0. The molecule has 1 aromatic heterocycles. The lowest BCUT2D eigenvalue weighted by molar-refractivity contribution is -0.297. The number of hydrazone groups is 1. The van der Waals surface area contributed by atoms with Gasteiger partial charge >= 0.3 is 6.18 Å². The van der Waals surface area contributed by atoms with E-state index in [-0.39, 0.29) is 16.3 Å². The Hall–Kier alpha value is -2.26. The molecule has 1 amide bonds. The highest BCUT2D eigenvalue weighted by Crippen LogP contribution is 2.42. The molecule has 3 rings (SSSR count). The van der Waals surface area contributed by atoms with Crippen LogP contribution in [0.5, 0.6) is 0 Å². The van der Waals surface area contributed by atoms with E-state index in [2.05, 4.69) is 26.0 Å². The summed E-state index contributed by atoms with van der Waals surface area (Å²) >= 11 is 3.16. The number of nitrogens with zero attached hydrogens (tertiary/aromatic N) is 3. The molecule has 5 nitrogen and oxygen atoms in total. The third kappa shape index (κ3) is 3.16. The molecule has 1 atom stereocenters. The van der Waals surface area contributed by atoms with E-state index >= 15 is 0 Å². The predicted octanol–water partition coefficient (Wildman–Crippen LogP) is 3.35. The Balaban J connectivity index is 2.06. The van der Waals surface area contributed by atoms with Crippen molar-refractivity contribution in [2.24, 2.45) is 5.10 Å². The van der Waals surface area contributed by atoms with E-state index in [1.54, 1.807) is 6.07 Å². The van der Waals surface area contributed by atoms with Gasteiger partial charge in [0.25, 0.3) is 11.6 Å². The molecule has 25 heavy (non-hydrogen) atoms. The minimum Gasteiger partial charge on any atom is -0.362 e. The van der Waals surface area contributed by atoms with E-state index in [1.165, 1.54) is 42.7 Å². The van der Waals surface area contributed by atoms with E-state index in [0.29, 0.717) is 10.0 Å². The fourth-order valence-electron chi connectivity index (χ4n) is 2.42. The Morgan fingerprint density at radius 1 is 1.28 bits per heavy atom. The monoisotopic (exact) mass is 413 g/mol. The summed E-state index contributed by atoms with van der Waals surface area (Å²) in [4.78, 5) is 16.4. The predicted molar refractivity (Wildman–Crippen MR) is 86.7 cm³/mol. The summed E-state index contributed by atoms with van der Waals surface area (Å²) < 4.78 is 41.0. The summed E-state index contributed by atoms with van der Waals surface area (Å²) in [5.41, 5.74) is -3.23. The van der Waals surface area contributed by atoms with E-state index in [9.17, 15) is 23.1 Å². The molecule has 9 heteroatoms. The van der Waals surface area contributed by atoms with Crippen LogP contribution in [-0.2, 0) is 0 Å². The van der Waals surface area contributed by atoms with Gasteiger partial charge in [0.15, 0.2) is 0 Å². The van der Waals surface area contributed by atoms with Crippen molar-refractivity contribution in [3.63, 3.8) is 0 Å². The first-order chi connectivity index (χ1) is 11.7. The third-order valence-corrected chi connectivity index (χ3v) is 4.19. The molecule has 2 heterocycles. The number of amides is 1. The molecule has 1 aromatic carbocycles. The van der Waals surface area contributed by atoms with Crippen LogP contribution in [0.3, 0.4) is 0 Å². The number of hydrogen-bond acceptors (Lipinski definition) is 4. The van der Waals surface area contributed by atoms with Crippen molar-refractivity contribution in [3.8, 4) is 0 Å². The number of aromatic nitrogens is 1. The zero-order chi connectivity index (χ0) is 18.2. The van der Waals surface area contributed by atoms with E-state index in [1.807, 2.05) is 0 Å². The van der Waals surface area contributed by atoms with Gasteiger partial charge in [-0.3, -0.25) is 9.78 Å². The van der Waals surface area contributed by atoms with Crippen LogP contribution in [-0.4, -0.2) is 38.6 Å². The zero-order valence-corrected chi connectivity index (χ0v) is 14.1. The third-order valence-electron chi connectivity index (χ3n) is 3.70. The summed E-state index contributed by atoms with van der Waals surface area (Å²) in [6.07, 6.45) is -3.17. The van der Waals surface area contributed by atoms with Gasteiger partial charge in [-0.1, -0.05) is 28.1 Å². The van der Waals surface area contributed by atoms with Crippen molar-refractivity contribution in [1.29, 1.82) is 0 Å². The summed E-state index contributed by atoms with van der Waals surface area (Å²) in [6, 6.07) is 8.88. The van der Waals surface area contributed by atoms with E-state index in [4.69, 9.17) is 0 Å². The summed E-state index contributed by atoms with van der Waals surface area (Å²) in [7, 11) is 0. The van der Waals surface area contributed by atoms with Gasteiger partial charge < -0.3 is 5.11 Å². The first-order valence-corrected chi connectivity index (χ1v) is 7.89. The van der Waals surface area contributed by atoms with Gasteiger partial charge in [-0.15, -0.1) is 0 Å². The molecule has 0 bridgehead atoms. The molecular formula is C16H11BrF3N3O2. The number of rotatable bonds is 2. The molecule has 0 fully saturated rings. The molecule has 0 saturated heterocycles. The number of benzene rings is 1. The summed E-state index contributed by atoms with van der Waals surface area (Å²) in [5, 5.41) is 14.1. The van der Waals surface area contributed by atoms with Crippen molar-refractivity contribution in [2.45, 2.75) is 18.3 Å².